The lowest BCUT2D eigenvalue weighted by atomic mass is 9.91. The van der Waals surface area contributed by atoms with Crippen molar-refractivity contribution in [2.75, 3.05) is 6.54 Å². The second-order valence-corrected chi connectivity index (χ2v) is 6.58. The Morgan fingerprint density at radius 3 is 2.45 bits per heavy atom. The molecular formula is C18H27N3O. The van der Waals surface area contributed by atoms with Gasteiger partial charge >= 0.3 is 6.03 Å². The molecule has 2 fully saturated rings. The molecule has 0 spiro atoms. The van der Waals surface area contributed by atoms with Crippen LogP contribution in [0.4, 0.5) is 4.79 Å². The Kier molecular flexibility index (Phi) is 4.98. The van der Waals surface area contributed by atoms with Gasteiger partial charge in [0, 0.05) is 30.6 Å². The number of benzene rings is 1. The van der Waals surface area contributed by atoms with Crippen LogP contribution in [0.25, 0.3) is 0 Å². The summed E-state index contributed by atoms with van der Waals surface area (Å²) in [5, 5.41) is 9.68. The fraction of sp³-hybridized carbons (Fsp3) is 0.611. The van der Waals surface area contributed by atoms with Crippen molar-refractivity contribution in [3.8, 4) is 0 Å². The smallest absolute Gasteiger partial charge is 0.314 e. The van der Waals surface area contributed by atoms with E-state index in [-0.39, 0.29) is 6.03 Å². The molecule has 0 radical (unpaired) electrons. The first-order chi connectivity index (χ1) is 10.8. The van der Waals surface area contributed by atoms with Crippen LogP contribution < -0.4 is 16.0 Å². The Labute approximate surface area is 133 Å². The van der Waals surface area contributed by atoms with Gasteiger partial charge in [-0.1, -0.05) is 30.3 Å². The molecule has 120 valence electrons. The zero-order chi connectivity index (χ0) is 15.4. The van der Waals surface area contributed by atoms with Crippen LogP contribution in [0.3, 0.4) is 0 Å². The molecule has 1 aromatic rings. The maximum Gasteiger partial charge on any atom is 0.314 e. The van der Waals surface area contributed by atoms with Crippen molar-refractivity contribution < 1.29 is 4.79 Å². The number of carbonyl (C=O) groups is 1. The van der Waals surface area contributed by atoms with E-state index in [2.05, 4.69) is 46.3 Å². The summed E-state index contributed by atoms with van der Waals surface area (Å²) in [6.07, 6.45) is 5.75. The van der Waals surface area contributed by atoms with Gasteiger partial charge in [-0.25, -0.2) is 4.79 Å². The monoisotopic (exact) mass is 301 g/mol. The number of urea groups is 1. The summed E-state index contributed by atoms with van der Waals surface area (Å²) >= 11 is 0. The van der Waals surface area contributed by atoms with Gasteiger partial charge in [-0.15, -0.1) is 0 Å². The molecule has 0 bridgehead atoms. The van der Waals surface area contributed by atoms with E-state index < -0.39 is 0 Å². The van der Waals surface area contributed by atoms with Crippen molar-refractivity contribution >= 4 is 6.03 Å². The van der Waals surface area contributed by atoms with E-state index in [9.17, 15) is 4.79 Å². The summed E-state index contributed by atoms with van der Waals surface area (Å²) in [7, 11) is 0. The lowest BCUT2D eigenvalue weighted by Gasteiger charge is -2.30. The van der Waals surface area contributed by atoms with Gasteiger partial charge in [0.2, 0.25) is 0 Å². The molecule has 3 rings (SSSR count). The van der Waals surface area contributed by atoms with Crippen LogP contribution >= 0.6 is 0 Å². The average molecular weight is 301 g/mol. The molecule has 2 saturated carbocycles. The first kappa shape index (κ1) is 15.3. The molecule has 0 heterocycles. The Morgan fingerprint density at radius 1 is 1.09 bits per heavy atom. The molecule has 2 aliphatic rings. The quantitative estimate of drug-likeness (QED) is 0.783. The van der Waals surface area contributed by atoms with E-state index in [0.717, 1.165) is 25.7 Å². The second-order valence-electron chi connectivity index (χ2n) is 6.58. The topological polar surface area (TPSA) is 53.2 Å². The highest BCUT2D eigenvalue weighted by Gasteiger charge is 2.39. The van der Waals surface area contributed by atoms with Gasteiger partial charge in [0.25, 0.3) is 0 Å². The van der Waals surface area contributed by atoms with Gasteiger partial charge in [-0.3, -0.25) is 0 Å². The maximum atomic E-state index is 11.5. The van der Waals surface area contributed by atoms with E-state index in [0.29, 0.717) is 30.6 Å². The molecule has 2 amide bonds. The Morgan fingerprint density at radius 2 is 1.77 bits per heavy atom. The van der Waals surface area contributed by atoms with Crippen LogP contribution in [0.2, 0.25) is 0 Å². The maximum absolute atomic E-state index is 11.5. The molecule has 0 saturated heterocycles. The Bertz CT molecular complexity index is 482. The van der Waals surface area contributed by atoms with Gasteiger partial charge in [0.05, 0.1) is 0 Å². The normalized spacial score (nSPS) is 30.6. The number of rotatable bonds is 5. The molecule has 2 atom stereocenters. The lowest BCUT2D eigenvalue weighted by molar-refractivity contribution is 0.229. The highest BCUT2D eigenvalue weighted by Crippen LogP contribution is 2.41. The van der Waals surface area contributed by atoms with Crippen LogP contribution in [0.15, 0.2) is 30.3 Å². The number of hydrogen-bond donors (Lipinski definition) is 3. The van der Waals surface area contributed by atoms with Crippen molar-refractivity contribution in [3.63, 3.8) is 0 Å². The fourth-order valence-corrected chi connectivity index (χ4v) is 3.55. The molecule has 0 aromatic heterocycles. The summed E-state index contributed by atoms with van der Waals surface area (Å²) in [4.78, 5) is 11.5. The molecule has 1 aromatic carbocycles. The molecule has 4 nitrogen and oxygen atoms in total. The van der Waals surface area contributed by atoms with Gasteiger partial charge < -0.3 is 16.0 Å². The molecule has 2 aliphatic carbocycles. The van der Waals surface area contributed by atoms with Gasteiger partial charge in [0.1, 0.15) is 0 Å². The second kappa shape index (κ2) is 7.14. The number of amides is 2. The van der Waals surface area contributed by atoms with Crippen molar-refractivity contribution in [1.29, 1.82) is 0 Å². The minimum Gasteiger partial charge on any atom is -0.338 e. The summed E-state index contributed by atoms with van der Waals surface area (Å²) in [6, 6.07) is 12.4. The largest absolute Gasteiger partial charge is 0.338 e. The predicted molar refractivity (Wildman–Crippen MR) is 89.0 cm³/mol. The minimum atomic E-state index is -0.0229. The van der Waals surface area contributed by atoms with Crippen molar-refractivity contribution in [2.24, 2.45) is 0 Å². The SMILES string of the molecule is CCNC(=O)NC1CCC(NC2CC2c2ccccc2)CC1. The summed E-state index contributed by atoms with van der Waals surface area (Å²) in [6.45, 7) is 2.63. The van der Waals surface area contributed by atoms with Crippen LogP contribution in [0.1, 0.15) is 50.5 Å². The van der Waals surface area contributed by atoms with Gasteiger partial charge in [0.15, 0.2) is 0 Å². The van der Waals surface area contributed by atoms with Crippen LogP contribution in [-0.2, 0) is 0 Å². The number of hydrogen-bond acceptors (Lipinski definition) is 2. The molecule has 3 N–H and O–H groups in total. The summed E-state index contributed by atoms with van der Waals surface area (Å²) in [5.41, 5.74) is 1.46. The van der Waals surface area contributed by atoms with Crippen LogP contribution in [-0.4, -0.2) is 30.7 Å². The van der Waals surface area contributed by atoms with Crippen molar-refractivity contribution in [1.82, 2.24) is 16.0 Å². The average Bonchev–Trinajstić information content (AvgIpc) is 3.30. The van der Waals surface area contributed by atoms with Crippen LogP contribution in [0.5, 0.6) is 0 Å². The minimum absolute atomic E-state index is 0.0229. The zero-order valence-electron chi connectivity index (χ0n) is 13.3. The van der Waals surface area contributed by atoms with Crippen molar-refractivity contribution in [3.05, 3.63) is 35.9 Å². The molecule has 2 unspecified atom stereocenters. The third-order valence-electron chi connectivity index (χ3n) is 4.87. The van der Waals surface area contributed by atoms with Gasteiger partial charge in [-0.2, -0.15) is 0 Å². The van der Waals surface area contributed by atoms with Crippen LogP contribution in [0, 0.1) is 0 Å². The third kappa shape index (κ3) is 4.01. The number of carbonyl (C=O) groups excluding carboxylic acids is 1. The number of nitrogens with one attached hydrogen (secondary N) is 3. The zero-order valence-corrected chi connectivity index (χ0v) is 13.3. The standard InChI is InChI=1S/C18H27N3O/c1-2-19-18(22)21-15-10-8-14(9-11-15)20-17-12-16(17)13-6-4-3-5-7-13/h3-7,14-17,20H,2,8-12H2,1H3,(H2,19,21,22). The van der Waals surface area contributed by atoms with Gasteiger partial charge in [-0.05, 0) is 44.6 Å². The van der Waals surface area contributed by atoms with E-state index in [1.807, 2.05) is 6.92 Å². The van der Waals surface area contributed by atoms with E-state index in [4.69, 9.17) is 0 Å². The highest BCUT2D eigenvalue weighted by molar-refractivity contribution is 5.74. The predicted octanol–water partition coefficient (Wildman–Crippen LogP) is 2.76. The van der Waals surface area contributed by atoms with E-state index >= 15 is 0 Å². The molecular weight excluding hydrogens is 274 g/mol. The molecule has 22 heavy (non-hydrogen) atoms. The fourth-order valence-electron chi connectivity index (χ4n) is 3.55. The van der Waals surface area contributed by atoms with E-state index in [1.54, 1.807) is 0 Å². The lowest BCUT2D eigenvalue weighted by Crippen LogP contribution is -2.46. The summed E-state index contributed by atoms with van der Waals surface area (Å²) < 4.78 is 0. The van der Waals surface area contributed by atoms with Crippen molar-refractivity contribution in [2.45, 2.75) is 63.1 Å². The Hall–Kier alpha value is -1.55. The summed E-state index contributed by atoms with van der Waals surface area (Å²) in [5.74, 6) is 0.701. The molecule has 4 heteroatoms. The Balaban J connectivity index is 1.37. The first-order valence-corrected chi connectivity index (χ1v) is 8.61. The highest BCUT2D eigenvalue weighted by atomic mass is 16.2. The molecule has 0 aliphatic heterocycles. The van der Waals surface area contributed by atoms with E-state index in [1.165, 1.54) is 12.0 Å². The first-order valence-electron chi connectivity index (χ1n) is 8.61. The third-order valence-corrected chi connectivity index (χ3v) is 4.87.